The largest absolute Gasteiger partial charge is 0.613 e. The number of ketones is 1. The minimum absolute atomic E-state index is 0.0628. The van der Waals surface area contributed by atoms with E-state index in [-0.39, 0.29) is 28.9 Å². The molecule has 9 atom stereocenters. The van der Waals surface area contributed by atoms with Crippen LogP contribution in [0.1, 0.15) is 47.0 Å². The number of hydrogen-bond donors (Lipinski definition) is 1. The third-order valence-corrected chi connectivity index (χ3v) is 9.10. The highest BCUT2D eigenvalue weighted by atomic mass is 16.7. The zero-order valence-corrected chi connectivity index (χ0v) is 16.2. The van der Waals surface area contributed by atoms with Crippen molar-refractivity contribution in [1.29, 1.82) is 0 Å². The summed E-state index contributed by atoms with van der Waals surface area (Å²) in [5.41, 5.74) is 0.330. The van der Waals surface area contributed by atoms with Crippen LogP contribution in [-0.2, 0) is 19.0 Å². The second-order valence-corrected chi connectivity index (χ2v) is 10.2. The summed E-state index contributed by atoms with van der Waals surface area (Å²) in [6, 6.07) is -0.283. The first-order valence-electron chi connectivity index (χ1n) is 10.3. The molecule has 0 aromatic heterocycles. The predicted molar refractivity (Wildman–Crippen MR) is 94.5 cm³/mol. The van der Waals surface area contributed by atoms with Crippen molar-refractivity contribution in [3.05, 3.63) is 0 Å². The molecule has 3 saturated heterocycles. The molecule has 7 heteroatoms. The lowest BCUT2D eigenvalue weighted by molar-refractivity contribution is -0.872. The minimum atomic E-state index is -2.55. The second-order valence-electron chi connectivity index (χ2n) is 10.2. The van der Waals surface area contributed by atoms with Gasteiger partial charge in [0.1, 0.15) is 6.54 Å². The number of nitrogens with zero attached hydrogens (tertiary/aromatic N) is 1. The van der Waals surface area contributed by atoms with Crippen molar-refractivity contribution in [3.8, 4) is 0 Å². The molecule has 0 radical (unpaired) electrons. The van der Waals surface area contributed by atoms with Gasteiger partial charge in [-0.05, 0) is 36.5 Å². The highest BCUT2D eigenvalue weighted by Crippen LogP contribution is 2.64. The van der Waals surface area contributed by atoms with Crippen molar-refractivity contribution >= 4 is 18.4 Å². The molecule has 1 N–H and O–H groups in total. The molecule has 3 aliphatic heterocycles. The molecule has 3 saturated carbocycles. The molecule has 6 nitrogen and oxygen atoms in total. The Hall–Kier alpha value is -0.915. The van der Waals surface area contributed by atoms with Crippen LogP contribution in [0, 0.1) is 29.1 Å². The van der Waals surface area contributed by atoms with Crippen molar-refractivity contribution < 1.29 is 28.4 Å². The van der Waals surface area contributed by atoms with E-state index in [2.05, 4.69) is 20.8 Å². The van der Waals surface area contributed by atoms with Gasteiger partial charge in [-0.3, -0.25) is 9.59 Å². The molecule has 6 aliphatic rings. The van der Waals surface area contributed by atoms with E-state index in [1.54, 1.807) is 0 Å². The summed E-state index contributed by atoms with van der Waals surface area (Å²) in [5, 5.41) is 11.8. The number of Topliss-reactive ketones (excluding diaryl/α,β-unsaturated/α-hetero) is 1. The van der Waals surface area contributed by atoms with Gasteiger partial charge in [-0.1, -0.05) is 27.7 Å². The molecule has 5 unspecified atom stereocenters. The van der Waals surface area contributed by atoms with Crippen molar-refractivity contribution in [3.63, 3.8) is 0 Å². The maximum absolute atomic E-state index is 12.7. The van der Waals surface area contributed by atoms with Crippen LogP contribution in [0.4, 0.5) is 0 Å². The average Bonchev–Trinajstić information content (AvgIpc) is 3.30. The van der Waals surface area contributed by atoms with Crippen LogP contribution < -0.4 is 0 Å². The molecular weight excluding hydrogens is 333 g/mol. The van der Waals surface area contributed by atoms with Crippen LogP contribution >= 0.6 is 0 Å². The van der Waals surface area contributed by atoms with E-state index >= 15 is 0 Å². The fourth-order valence-electron chi connectivity index (χ4n) is 7.31. The molecule has 3 heterocycles. The summed E-state index contributed by atoms with van der Waals surface area (Å²) in [4.78, 5) is 25.1. The molecule has 26 heavy (non-hydrogen) atoms. The van der Waals surface area contributed by atoms with Gasteiger partial charge in [-0.25, -0.2) is 0 Å². The number of epoxide rings is 1. The van der Waals surface area contributed by atoms with E-state index in [1.165, 1.54) is 6.42 Å². The zero-order valence-electron chi connectivity index (χ0n) is 16.2. The fraction of sp³-hybridized carbons (Fsp3) is 0.895. The Morgan fingerprint density at radius 2 is 2.04 bits per heavy atom. The first-order valence-corrected chi connectivity index (χ1v) is 10.3. The van der Waals surface area contributed by atoms with Gasteiger partial charge in [0.05, 0.1) is 24.7 Å². The molecule has 4 bridgehead atoms. The molecule has 6 fully saturated rings. The molecular formula is C19H30BNO5. The summed E-state index contributed by atoms with van der Waals surface area (Å²) in [6.07, 6.45) is 2.95. The first kappa shape index (κ1) is 17.2. The van der Waals surface area contributed by atoms with E-state index in [1.807, 2.05) is 6.92 Å². The van der Waals surface area contributed by atoms with Crippen LogP contribution in [0.2, 0.25) is 0 Å². The maximum Gasteiger partial charge on any atom is 0.556 e. The van der Waals surface area contributed by atoms with Crippen molar-refractivity contribution in [2.75, 3.05) is 13.1 Å². The molecule has 6 rings (SSSR count). The number of hydrogen-bond acceptors (Lipinski definition) is 5. The van der Waals surface area contributed by atoms with E-state index in [4.69, 9.17) is 9.39 Å². The normalized spacial score (nSPS) is 56.7. The SMILES string of the molecule is CC[C@@H]1OC1[B-]1(O)OC(=O)C2C[N@+]1(C1C[C@@H]3CC([C@H]1C)C3(C)C)CC2=O. The Bertz CT molecular complexity index is 697. The Morgan fingerprint density at radius 1 is 1.31 bits per heavy atom. The van der Waals surface area contributed by atoms with Gasteiger partial charge in [0, 0.05) is 5.92 Å². The average molecular weight is 363 g/mol. The molecule has 0 spiro atoms. The predicted octanol–water partition coefficient (Wildman–Crippen LogP) is 1.28. The maximum atomic E-state index is 12.7. The fourth-order valence-corrected chi connectivity index (χ4v) is 7.31. The minimum Gasteiger partial charge on any atom is -0.613 e. The Labute approximate surface area is 154 Å². The number of carbonyl (C=O) groups excluding carboxylic acids is 2. The second kappa shape index (κ2) is 4.92. The number of fused-ring (bicyclic) bond motifs is 5. The molecule has 0 aromatic rings. The lowest BCUT2D eigenvalue weighted by atomic mass is 9.43. The topological polar surface area (TPSA) is 76.1 Å². The van der Waals surface area contributed by atoms with Gasteiger partial charge >= 0.3 is 6.69 Å². The van der Waals surface area contributed by atoms with Crippen molar-refractivity contribution in [1.82, 2.24) is 0 Å². The van der Waals surface area contributed by atoms with Crippen molar-refractivity contribution in [2.45, 2.75) is 65.1 Å². The van der Waals surface area contributed by atoms with Gasteiger partial charge in [-0.15, -0.1) is 0 Å². The van der Waals surface area contributed by atoms with Gasteiger partial charge < -0.3 is 18.8 Å². The first-order chi connectivity index (χ1) is 12.2. The van der Waals surface area contributed by atoms with Crippen molar-refractivity contribution in [2.24, 2.45) is 29.1 Å². The third kappa shape index (κ3) is 1.80. The Kier molecular flexibility index (Phi) is 3.25. The highest BCUT2D eigenvalue weighted by molar-refractivity contribution is 6.64. The summed E-state index contributed by atoms with van der Waals surface area (Å²) >= 11 is 0. The van der Waals surface area contributed by atoms with E-state index < -0.39 is 24.6 Å². The summed E-state index contributed by atoms with van der Waals surface area (Å²) in [6.45, 7) is 7.05. The van der Waals surface area contributed by atoms with E-state index in [0.29, 0.717) is 29.7 Å². The summed E-state index contributed by atoms with van der Waals surface area (Å²) in [5.74, 6) is 0.318. The number of ether oxygens (including phenoxy) is 1. The van der Waals surface area contributed by atoms with Crippen LogP contribution in [0.5, 0.6) is 0 Å². The Balaban J connectivity index is 1.56. The zero-order chi connectivity index (χ0) is 18.6. The van der Waals surface area contributed by atoms with E-state index in [0.717, 1.165) is 12.8 Å². The van der Waals surface area contributed by atoms with Crippen LogP contribution in [0.15, 0.2) is 0 Å². The number of quaternary nitrogens is 1. The van der Waals surface area contributed by atoms with Gasteiger partial charge in [-0.2, -0.15) is 0 Å². The van der Waals surface area contributed by atoms with Gasteiger partial charge in [0.2, 0.25) is 5.78 Å². The smallest absolute Gasteiger partial charge is 0.556 e. The molecule has 144 valence electrons. The summed E-state index contributed by atoms with van der Waals surface area (Å²) in [7, 11) is 0. The third-order valence-electron chi connectivity index (χ3n) is 9.10. The van der Waals surface area contributed by atoms with Crippen LogP contribution in [0.3, 0.4) is 0 Å². The Morgan fingerprint density at radius 3 is 2.62 bits per heavy atom. The van der Waals surface area contributed by atoms with Gasteiger partial charge in [0.15, 0.2) is 5.92 Å². The molecule has 3 aliphatic carbocycles. The van der Waals surface area contributed by atoms with Gasteiger partial charge in [0.25, 0.3) is 5.97 Å². The highest BCUT2D eigenvalue weighted by Gasteiger charge is 2.76. The summed E-state index contributed by atoms with van der Waals surface area (Å²) < 4.78 is 11.7. The molecule has 0 aromatic carbocycles. The lowest BCUT2D eigenvalue weighted by Crippen LogP contribution is -2.81. The lowest BCUT2D eigenvalue weighted by Gasteiger charge is -2.69. The van der Waals surface area contributed by atoms with E-state index in [9.17, 15) is 14.6 Å². The quantitative estimate of drug-likeness (QED) is 0.464. The standard InChI is InChI=1S/C19H30BNO5/c1-5-16-17(25-16)20(24)21(8-12(15(22)9-21)18(23)26-20)14-7-11-6-13(10(14)2)19(11,3)4/h10-14,16-17,24H,5-9H2,1-4H3/t10-,11+,12?,13?,14?,16+,17?,20?,21-/m1/s1. The van der Waals surface area contributed by atoms with Crippen LogP contribution in [0.25, 0.3) is 0 Å². The number of carbonyl (C=O) groups is 2. The van der Waals surface area contributed by atoms with Crippen LogP contribution in [-0.4, -0.2) is 59.1 Å². The monoisotopic (exact) mass is 363 g/mol. The molecule has 0 amide bonds. The number of rotatable bonds is 3.